The lowest BCUT2D eigenvalue weighted by Gasteiger charge is -2.42. The van der Waals surface area contributed by atoms with Gasteiger partial charge in [0.05, 0.1) is 24.4 Å². The molecule has 2 aromatic carbocycles. The molecule has 1 amide bonds. The van der Waals surface area contributed by atoms with Crippen molar-refractivity contribution in [2.24, 2.45) is 5.92 Å². The molecule has 1 aliphatic rings. The van der Waals surface area contributed by atoms with Gasteiger partial charge in [-0.05, 0) is 42.4 Å². The first-order valence-electron chi connectivity index (χ1n) is 12.1. The number of carbonyl (C=O) groups is 1. The highest BCUT2D eigenvalue weighted by Crippen LogP contribution is 2.41. The second kappa shape index (κ2) is 12.1. The van der Waals surface area contributed by atoms with Crippen molar-refractivity contribution in [1.29, 1.82) is 0 Å². The van der Waals surface area contributed by atoms with Crippen LogP contribution in [0.1, 0.15) is 46.4 Å². The van der Waals surface area contributed by atoms with Crippen molar-refractivity contribution >= 4 is 11.6 Å². The highest BCUT2D eigenvalue weighted by atomic mass is 16.7. The maximum absolute atomic E-state index is 12.5. The van der Waals surface area contributed by atoms with Gasteiger partial charge < -0.3 is 24.8 Å². The number of aromatic nitrogens is 1. The summed E-state index contributed by atoms with van der Waals surface area (Å²) in [5, 5.41) is 12.3. The Morgan fingerprint density at radius 1 is 1.11 bits per heavy atom. The number of likely N-dealkylation sites (N-methyl/N-ethyl adjacent to an activating group) is 1. The maximum Gasteiger partial charge on any atom is 0.257 e. The average molecular weight is 488 g/mol. The van der Waals surface area contributed by atoms with Crippen LogP contribution in [0.3, 0.4) is 0 Å². The zero-order valence-electron chi connectivity index (χ0n) is 20.7. The Labute approximate surface area is 212 Å². The van der Waals surface area contributed by atoms with Crippen molar-refractivity contribution in [2.45, 2.75) is 32.0 Å². The second-order valence-electron chi connectivity index (χ2n) is 9.15. The Balaban J connectivity index is 1.53. The largest absolute Gasteiger partial charge is 0.392 e. The Bertz CT molecular complexity index is 1140. The summed E-state index contributed by atoms with van der Waals surface area (Å²) in [5.41, 5.74) is 3.95. The standard InChI is InChI=1S/C29H33N3O4/c1-4-16-32(3)18-26-20(2)27(22-9-7-21(19-33)8-10-22)36-29(35-26)23-11-13-25(14-12-23)31-28(34)24-6-5-15-30-17-24/h4-15,17,20,26-27,29,33H,1,16,18-19H2,2-3H3,(H,31,34)/t20-,26+,27+,29+/m0/s1. The van der Waals surface area contributed by atoms with Crippen molar-refractivity contribution < 1.29 is 19.4 Å². The molecule has 0 saturated carbocycles. The Morgan fingerprint density at radius 2 is 1.83 bits per heavy atom. The Morgan fingerprint density at radius 3 is 2.47 bits per heavy atom. The van der Waals surface area contributed by atoms with Crippen molar-refractivity contribution in [1.82, 2.24) is 9.88 Å². The van der Waals surface area contributed by atoms with Gasteiger partial charge in [0, 0.05) is 42.7 Å². The van der Waals surface area contributed by atoms with Gasteiger partial charge >= 0.3 is 0 Å². The number of nitrogens with one attached hydrogen (secondary N) is 1. The molecule has 1 fully saturated rings. The van der Waals surface area contributed by atoms with Crippen LogP contribution in [0.25, 0.3) is 0 Å². The fourth-order valence-electron chi connectivity index (χ4n) is 4.35. The number of benzene rings is 2. The van der Waals surface area contributed by atoms with Gasteiger partial charge in [-0.2, -0.15) is 0 Å². The van der Waals surface area contributed by atoms with Crippen LogP contribution in [-0.2, 0) is 16.1 Å². The van der Waals surface area contributed by atoms with Gasteiger partial charge in [-0.15, -0.1) is 6.58 Å². The lowest BCUT2D eigenvalue weighted by Crippen LogP contribution is -2.43. The molecule has 1 aliphatic heterocycles. The Kier molecular flexibility index (Phi) is 8.61. The van der Waals surface area contributed by atoms with Crippen molar-refractivity contribution in [3.8, 4) is 0 Å². The quantitative estimate of drug-likeness (QED) is 0.425. The maximum atomic E-state index is 12.5. The predicted octanol–water partition coefficient (Wildman–Crippen LogP) is 4.74. The second-order valence-corrected chi connectivity index (χ2v) is 9.15. The van der Waals surface area contributed by atoms with E-state index < -0.39 is 6.29 Å². The van der Waals surface area contributed by atoms with Gasteiger partial charge in [0.2, 0.25) is 0 Å². The predicted molar refractivity (Wildman–Crippen MR) is 139 cm³/mol. The van der Waals surface area contributed by atoms with E-state index in [0.29, 0.717) is 11.3 Å². The monoisotopic (exact) mass is 487 g/mol. The van der Waals surface area contributed by atoms with E-state index in [-0.39, 0.29) is 30.6 Å². The van der Waals surface area contributed by atoms with E-state index in [0.717, 1.165) is 29.8 Å². The third kappa shape index (κ3) is 6.25. The first kappa shape index (κ1) is 25.7. The van der Waals surface area contributed by atoms with E-state index in [2.05, 4.69) is 28.7 Å². The number of pyridine rings is 1. The summed E-state index contributed by atoms with van der Waals surface area (Å²) in [4.78, 5) is 18.6. The summed E-state index contributed by atoms with van der Waals surface area (Å²) in [6.07, 6.45) is 4.24. The number of aliphatic hydroxyl groups is 1. The lowest BCUT2D eigenvalue weighted by atomic mass is 9.90. The summed E-state index contributed by atoms with van der Waals surface area (Å²) in [7, 11) is 2.05. The number of nitrogens with zero attached hydrogens (tertiary/aromatic N) is 2. The molecule has 1 saturated heterocycles. The van der Waals surface area contributed by atoms with Crippen LogP contribution in [0.2, 0.25) is 0 Å². The molecule has 0 unspecified atom stereocenters. The van der Waals surface area contributed by atoms with Crippen LogP contribution in [0.5, 0.6) is 0 Å². The molecule has 0 bridgehead atoms. The SMILES string of the molecule is C=CCN(C)C[C@H]1O[C@@H](c2ccc(NC(=O)c3cccnc3)cc2)O[C@@H](c2ccc(CO)cc2)[C@H]1C. The number of hydrogen-bond acceptors (Lipinski definition) is 6. The van der Waals surface area contributed by atoms with Crippen molar-refractivity contribution in [3.63, 3.8) is 0 Å². The van der Waals surface area contributed by atoms with Crippen LogP contribution < -0.4 is 5.32 Å². The molecule has 0 spiro atoms. The molecule has 36 heavy (non-hydrogen) atoms. The molecule has 0 radical (unpaired) electrons. The number of ether oxygens (including phenoxy) is 2. The summed E-state index contributed by atoms with van der Waals surface area (Å²) in [6, 6.07) is 18.8. The highest BCUT2D eigenvalue weighted by molar-refractivity contribution is 6.03. The minimum Gasteiger partial charge on any atom is -0.392 e. The minimum atomic E-state index is -0.561. The summed E-state index contributed by atoms with van der Waals surface area (Å²) < 4.78 is 12.9. The van der Waals surface area contributed by atoms with Crippen LogP contribution in [0, 0.1) is 5.92 Å². The fraction of sp³-hybridized carbons (Fsp3) is 0.310. The number of hydrogen-bond donors (Lipinski definition) is 2. The summed E-state index contributed by atoms with van der Waals surface area (Å²) in [6.45, 7) is 7.49. The smallest absolute Gasteiger partial charge is 0.257 e. The molecule has 3 aromatic rings. The zero-order valence-corrected chi connectivity index (χ0v) is 20.7. The molecule has 1 aromatic heterocycles. The lowest BCUT2D eigenvalue weighted by molar-refractivity contribution is -0.275. The van der Waals surface area contributed by atoms with E-state index in [1.165, 1.54) is 6.20 Å². The number of anilines is 1. The molecule has 0 aliphatic carbocycles. The molecule has 7 heteroatoms. The molecule has 4 rings (SSSR count). The van der Waals surface area contributed by atoms with Crippen LogP contribution >= 0.6 is 0 Å². The van der Waals surface area contributed by atoms with Gasteiger partial charge in [-0.3, -0.25) is 9.78 Å². The van der Waals surface area contributed by atoms with Crippen molar-refractivity contribution in [3.05, 3.63) is 108 Å². The first-order chi connectivity index (χ1) is 17.5. The third-order valence-electron chi connectivity index (χ3n) is 6.42. The molecule has 2 N–H and O–H groups in total. The van der Waals surface area contributed by atoms with Crippen LogP contribution in [0.4, 0.5) is 5.69 Å². The first-order valence-corrected chi connectivity index (χ1v) is 12.1. The molecule has 4 atom stereocenters. The van der Waals surface area contributed by atoms with Gasteiger partial charge in [-0.1, -0.05) is 49.4 Å². The van der Waals surface area contributed by atoms with Gasteiger partial charge in [0.1, 0.15) is 0 Å². The van der Waals surface area contributed by atoms with Gasteiger partial charge in [0.15, 0.2) is 6.29 Å². The summed E-state index contributed by atoms with van der Waals surface area (Å²) in [5.74, 6) is -0.113. The van der Waals surface area contributed by atoms with E-state index in [4.69, 9.17) is 9.47 Å². The van der Waals surface area contributed by atoms with Gasteiger partial charge in [0.25, 0.3) is 5.91 Å². The third-order valence-corrected chi connectivity index (χ3v) is 6.42. The molecule has 188 valence electrons. The molecular weight excluding hydrogens is 454 g/mol. The fourth-order valence-corrected chi connectivity index (χ4v) is 4.35. The number of aliphatic hydroxyl groups excluding tert-OH is 1. The molecular formula is C29H33N3O4. The molecule has 7 nitrogen and oxygen atoms in total. The summed E-state index contributed by atoms with van der Waals surface area (Å²) >= 11 is 0. The van der Waals surface area contributed by atoms with E-state index in [9.17, 15) is 9.90 Å². The van der Waals surface area contributed by atoms with Gasteiger partial charge in [-0.25, -0.2) is 0 Å². The topological polar surface area (TPSA) is 83.9 Å². The minimum absolute atomic E-state index is 0.00569. The number of carbonyl (C=O) groups excluding carboxylic acids is 1. The highest BCUT2D eigenvalue weighted by Gasteiger charge is 2.38. The van der Waals surface area contributed by atoms with Crippen LogP contribution in [0.15, 0.2) is 85.7 Å². The van der Waals surface area contributed by atoms with E-state index in [1.807, 2.05) is 61.7 Å². The van der Waals surface area contributed by atoms with E-state index in [1.54, 1.807) is 18.3 Å². The molecule has 2 heterocycles. The van der Waals surface area contributed by atoms with E-state index >= 15 is 0 Å². The number of rotatable bonds is 9. The normalized spacial score (nSPS) is 21.8. The van der Waals surface area contributed by atoms with Crippen molar-refractivity contribution in [2.75, 3.05) is 25.5 Å². The number of amides is 1. The Hall–Kier alpha value is -3.36. The zero-order chi connectivity index (χ0) is 25.5. The van der Waals surface area contributed by atoms with Crippen LogP contribution in [-0.4, -0.2) is 47.1 Å². The average Bonchev–Trinajstić information content (AvgIpc) is 2.91.